The normalized spacial score (nSPS) is 12.5. The summed E-state index contributed by atoms with van der Waals surface area (Å²) in [5.74, 6) is -0.156. The second-order valence-corrected chi connectivity index (χ2v) is 3.54. The second-order valence-electron chi connectivity index (χ2n) is 3.54. The summed E-state index contributed by atoms with van der Waals surface area (Å²) in [6.45, 7) is 3.84. The highest BCUT2D eigenvalue weighted by atomic mass is 19.1. The molecule has 1 aromatic carbocycles. The van der Waals surface area contributed by atoms with Crippen LogP contribution in [-0.2, 0) is 11.2 Å². The smallest absolute Gasteiger partial charge is 0.140 e. The number of benzene rings is 1. The van der Waals surface area contributed by atoms with Crippen LogP contribution in [0.2, 0.25) is 0 Å². The molecule has 0 saturated heterocycles. The zero-order chi connectivity index (χ0) is 10.6. The van der Waals surface area contributed by atoms with Crippen LogP contribution in [0.15, 0.2) is 24.3 Å². The molecule has 0 aromatic heterocycles. The van der Waals surface area contributed by atoms with Crippen LogP contribution in [0.25, 0.3) is 0 Å². The van der Waals surface area contributed by atoms with Crippen LogP contribution in [0.3, 0.4) is 0 Å². The third-order valence-electron chi connectivity index (χ3n) is 2.48. The monoisotopic (exact) mass is 194 g/mol. The van der Waals surface area contributed by atoms with E-state index in [1.165, 1.54) is 6.07 Å². The largest absolute Gasteiger partial charge is 0.299 e. The molecule has 0 amide bonds. The van der Waals surface area contributed by atoms with Gasteiger partial charge in [-0.3, -0.25) is 4.79 Å². The van der Waals surface area contributed by atoms with E-state index in [2.05, 4.69) is 0 Å². The predicted octanol–water partition coefficient (Wildman–Crippen LogP) is 2.98. The number of carbonyl (C=O) groups is 1. The van der Waals surface area contributed by atoms with Crippen molar-refractivity contribution in [3.63, 3.8) is 0 Å². The first-order chi connectivity index (χ1) is 6.65. The van der Waals surface area contributed by atoms with Gasteiger partial charge in [0.05, 0.1) is 0 Å². The minimum atomic E-state index is -0.288. The molecule has 1 atom stereocenters. The summed E-state index contributed by atoms with van der Waals surface area (Å²) in [4.78, 5) is 11.5. The molecule has 0 aliphatic heterocycles. The Labute approximate surface area is 83.9 Å². The third kappa shape index (κ3) is 2.66. The molecule has 0 radical (unpaired) electrons. The summed E-state index contributed by atoms with van der Waals surface area (Å²) in [5.41, 5.74) is 0.498. The van der Waals surface area contributed by atoms with E-state index >= 15 is 0 Å². The molecule has 76 valence electrons. The number of ketones is 1. The zero-order valence-corrected chi connectivity index (χ0v) is 8.59. The molecule has 0 spiro atoms. The lowest BCUT2D eigenvalue weighted by Crippen LogP contribution is -2.13. The van der Waals surface area contributed by atoms with Crippen LogP contribution in [0.5, 0.6) is 0 Å². The molecule has 0 aliphatic rings. The van der Waals surface area contributed by atoms with Gasteiger partial charge in [-0.1, -0.05) is 32.0 Å². The van der Waals surface area contributed by atoms with Crippen molar-refractivity contribution < 1.29 is 9.18 Å². The van der Waals surface area contributed by atoms with Crippen LogP contribution in [0.1, 0.15) is 25.8 Å². The van der Waals surface area contributed by atoms with Crippen molar-refractivity contribution in [1.29, 1.82) is 0 Å². The van der Waals surface area contributed by atoms with E-state index in [9.17, 15) is 9.18 Å². The number of rotatable bonds is 4. The maximum atomic E-state index is 13.2. The van der Waals surface area contributed by atoms with Gasteiger partial charge < -0.3 is 0 Å². The Kier molecular flexibility index (Phi) is 3.81. The summed E-state index contributed by atoms with van der Waals surface area (Å²) >= 11 is 0. The summed E-state index contributed by atoms with van der Waals surface area (Å²) < 4.78 is 13.2. The molecular weight excluding hydrogens is 179 g/mol. The van der Waals surface area contributed by atoms with E-state index in [4.69, 9.17) is 0 Å². The molecule has 0 bridgehead atoms. The number of Topliss-reactive ketones (excluding diaryl/α,β-unsaturated/α-hetero) is 1. The van der Waals surface area contributed by atoms with Crippen molar-refractivity contribution in [1.82, 2.24) is 0 Å². The lowest BCUT2D eigenvalue weighted by molar-refractivity contribution is -0.121. The van der Waals surface area contributed by atoms with Crippen LogP contribution >= 0.6 is 0 Å². The van der Waals surface area contributed by atoms with Crippen LogP contribution in [0.4, 0.5) is 4.39 Å². The number of carbonyl (C=O) groups excluding carboxylic acids is 1. The summed E-state index contributed by atoms with van der Waals surface area (Å²) in [6.07, 6.45) is 1.02. The molecule has 0 heterocycles. The molecule has 0 N–H and O–H groups in total. The molecule has 1 aromatic rings. The summed E-state index contributed by atoms with van der Waals surface area (Å²) in [6, 6.07) is 6.43. The maximum absolute atomic E-state index is 13.2. The van der Waals surface area contributed by atoms with Gasteiger partial charge in [0, 0.05) is 12.3 Å². The van der Waals surface area contributed by atoms with Gasteiger partial charge in [0.25, 0.3) is 0 Å². The molecule has 1 unspecified atom stereocenters. The molecule has 0 aliphatic carbocycles. The van der Waals surface area contributed by atoms with Crippen LogP contribution in [-0.4, -0.2) is 5.78 Å². The van der Waals surface area contributed by atoms with Gasteiger partial charge in [0.2, 0.25) is 0 Å². The van der Waals surface area contributed by atoms with Crippen molar-refractivity contribution >= 4 is 5.78 Å². The van der Waals surface area contributed by atoms with Crippen molar-refractivity contribution in [2.75, 3.05) is 0 Å². The Morgan fingerprint density at radius 1 is 1.43 bits per heavy atom. The first kappa shape index (κ1) is 10.9. The predicted molar refractivity (Wildman–Crippen MR) is 54.6 cm³/mol. The lowest BCUT2D eigenvalue weighted by atomic mass is 9.97. The van der Waals surface area contributed by atoms with E-state index in [1.54, 1.807) is 18.2 Å². The van der Waals surface area contributed by atoms with Gasteiger partial charge in [0.1, 0.15) is 11.6 Å². The average molecular weight is 194 g/mol. The number of hydrogen-bond acceptors (Lipinski definition) is 1. The van der Waals surface area contributed by atoms with E-state index in [1.807, 2.05) is 13.8 Å². The van der Waals surface area contributed by atoms with Gasteiger partial charge in [-0.25, -0.2) is 4.39 Å². The minimum absolute atomic E-state index is 0.0228. The Bertz CT molecular complexity index is 320. The standard InChI is InChI=1S/C12H15FO/c1-3-9(2)12(14)8-10-6-4-5-7-11(10)13/h4-7,9H,3,8H2,1-2H3. The van der Waals surface area contributed by atoms with E-state index in [-0.39, 0.29) is 23.9 Å². The fraction of sp³-hybridized carbons (Fsp3) is 0.417. The van der Waals surface area contributed by atoms with E-state index in [0.717, 1.165) is 6.42 Å². The third-order valence-corrected chi connectivity index (χ3v) is 2.48. The number of hydrogen-bond donors (Lipinski definition) is 0. The van der Waals surface area contributed by atoms with Gasteiger partial charge in [-0.15, -0.1) is 0 Å². The van der Waals surface area contributed by atoms with Crippen LogP contribution in [0, 0.1) is 11.7 Å². The van der Waals surface area contributed by atoms with Gasteiger partial charge in [-0.05, 0) is 18.1 Å². The van der Waals surface area contributed by atoms with Crippen molar-refractivity contribution in [2.24, 2.45) is 5.92 Å². The highest BCUT2D eigenvalue weighted by molar-refractivity contribution is 5.82. The molecule has 0 saturated carbocycles. The summed E-state index contributed by atoms with van der Waals surface area (Å²) in [7, 11) is 0. The topological polar surface area (TPSA) is 17.1 Å². The van der Waals surface area contributed by atoms with Gasteiger partial charge in [-0.2, -0.15) is 0 Å². The van der Waals surface area contributed by atoms with Crippen molar-refractivity contribution in [3.05, 3.63) is 35.6 Å². The van der Waals surface area contributed by atoms with Gasteiger partial charge in [0.15, 0.2) is 0 Å². The fourth-order valence-corrected chi connectivity index (χ4v) is 1.23. The van der Waals surface area contributed by atoms with E-state index in [0.29, 0.717) is 5.56 Å². The van der Waals surface area contributed by atoms with Crippen molar-refractivity contribution in [3.8, 4) is 0 Å². The SMILES string of the molecule is CCC(C)C(=O)Cc1ccccc1F. The molecule has 1 rings (SSSR count). The first-order valence-corrected chi connectivity index (χ1v) is 4.91. The Hall–Kier alpha value is -1.18. The van der Waals surface area contributed by atoms with Crippen molar-refractivity contribution in [2.45, 2.75) is 26.7 Å². The Balaban J connectivity index is 2.70. The molecule has 0 fully saturated rings. The minimum Gasteiger partial charge on any atom is -0.299 e. The zero-order valence-electron chi connectivity index (χ0n) is 8.59. The average Bonchev–Trinajstić information content (AvgIpc) is 2.20. The lowest BCUT2D eigenvalue weighted by Gasteiger charge is -2.07. The maximum Gasteiger partial charge on any atom is 0.140 e. The highest BCUT2D eigenvalue weighted by Crippen LogP contribution is 2.11. The molecule has 2 heteroatoms. The highest BCUT2D eigenvalue weighted by Gasteiger charge is 2.12. The van der Waals surface area contributed by atoms with Gasteiger partial charge >= 0.3 is 0 Å². The quantitative estimate of drug-likeness (QED) is 0.720. The van der Waals surface area contributed by atoms with Crippen LogP contribution < -0.4 is 0 Å². The molecular formula is C12H15FO. The van der Waals surface area contributed by atoms with E-state index < -0.39 is 0 Å². The Morgan fingerprint density at radius 3 is 2.64 bits per heavy atom. The first-order valence-electron chi connectivity index (χ1n) is 4.91. The summed E-state index contributed by atoms with van der Waals surface area (Å²) in [5, 5.41) is 0. The molecule has 14 heavy (non-hydrogen) atoms. The fourth-order valence-electron chi connectivity index (χ4n) is 1.23. The second kappa shape index (κ2) is 4.89. The Morgan fingerprint density at radius 2 is 2.07 bits per heavy atom. The molecule has 1 nitrogen and oxygen atoms in total. The number of halogens is 1.